The summed E-state index contributed by atoms with van der Waals surface area (Å²) in [6.07, 6.45) is 0.418. The van der Waals surface area contributed by atoms with Gasteiger partial charge in [0.15, 0.2) is 0 Å². The molecule has 0 aliphatic rings. The second kappa shape index (κ2) is 15.0. The molecule has 0 heterocycles. The van der Waals surface area contributed by atoms with E-state index in [9.17, 15) is 24.0 Å². The Morgan fingerprint density at radius 3 is 1.71 bits per heavy atom. The molecule has 0 spiro atoms. The largest absolute Gasteiger partial charge is 0.467 e. The van der Waals surface area contributed by atoms with E-state index in [2.05, 4.69) is 26.8 Å². The van der Waals surface area contributed by atoms with Crippen molar-refractivity contribution in [2.24, 2.45) is 5.92 Å². The van der Waals surface area contributed by atoms with Crippen molar-refractivity contribution in [3.63, 3.8) is 0 Å². The standard InChI is InChI=1S/C27H35N5O6/c1-17(2)23(25(35)29-22(26(36)38-4)16-20-13-9-6-10-14-20)30-27(37)32-31-24(34)21(28-18(3)33)15-19-11-7-5-8-12-19/h5-14,17,21-23H,15-16H2,1-4H3,(H,28,33)(H,29,35)(H,31,34)(H2,30,32,37). The highest BCUT2D eigenvalue weighted by molar-refractivity contribution is 5.92. The quantitative estimate of drug-likeness (QED) is 0.218. The fourth-order valence-corrected chi connectivity index (χ4v) is 3.67. The van der Waals surface area contributed by atoms with Gasteiger partial charge in [-0.1, -0.05) is 74.5 Å². The van der Waals surface area contributed by atoms with Crippen molar-refractivity contribution >= 4 is 29.7 Å². The number of hydrazine groups is 1. The van der Waals surface area contributed by atoms with Crippen LogP contribution in [0.4, 0.5) is 4.79 Å². The zero-order valence-electron chi connectivity index (χ0n) is 21.9. The lowest BCUT2D eigenvalue weighted by molar-refractivity contribution is -0.145. The summed E-state index contributed by atoms with van der Waals surface area (Å²) in [5.74, 6) is -2.61. The van der Waals surface area contributed by atoms with Crippen molar-refractivity contribution in [3.8, 4) is 0 Å². The minimum Gasteiger partial charge on any atom is -0.467 e. The Bertz CT molecular complexity index is 1090. The third kappa shape index (κ3) is 9.92. The molecular weight excluding hydrogens is 490 g/mol. The number of nitrogens with one attached hydrogen (secondary N) is 5. The van der Waals surface area contributed by atoms with Crippen LogP contribution < -0.4 is 26.8 Å². The van der Waals surface area contributed by atoms with Gasteiger partial charge in [-0.25, -0.2) is 15.0 Å². The van der Waals surface area contributed by atoms with Crippen LogP contribution in [-0.2, 0) is 36.8 Å². The minimum absolute atomic E-state index is 0.207. The van der Waals surface area contributed by atoms with Gasteiger partial charge in [0, 0.05) is 19.8 Å². The van der Waals surface area contributed by atoms with Crippen LogP contribution in [0.15, 0.2) is 60.7 Å². The Hall–Kier alpha value is -4.41. The Morgan fingerprint density at radius 2 is 1.24 bits per heavy atom. The third-order valence-corrected chi connectivity index (χ3v) is 5.60. The predicted octanol–water partition coefficient (Wildman–Crippen LogP) is 0.989. The Labute approximate surface area is 222 Å². The smallest absolute Gasteiger partial charge is 0.334 e. The molecule has 2 aromatic carbocycles. The van der Waals surface area contributed by atoms with Crippen molar-refractivity contribution in [1.29, 1.82) is 0 Å². The Morgan fingerprint density at radius 1 is 0.711 bits per heavy atom. The molecule has 3 atom stereocenters. The molecule has 5 amide bonds. The van der Waals surface area contributed by atoms with Crippen LogP contribution in [0.5, 0.6) is 0 Å². The van der Waals surface area contributed by atoms with Gasteiger partial charge < -0.3 is 20.7 Å². The van der Waals surface area contributed by atoms with E-state index in [-0.39, 0.29) is 18.8 Å². The number of carbonyl (C=O) groups is 5. The van der Waals surface area contributed by atoms with Crippen LogP contribution in [0.3, 0.4) is 0 Å². The zero-order valence-corrected chi connectivity index (χ0v) is 21.9. The van der Waals surface area contributed by atoms with Gasteiger partial charge in [0.2, 0.25) is 11.8 Å². The number of benzene rings is 2. The van der Waals surface area contributed by atoms with E-state index < -0.39 is 47.8 Å². The van der Waals surface area contributed by atoms with E-state index in [0.717, 1.165) is 11.1 Å². The molecule has 2 aromatic rings. The second-order valence-corrected chi connectivity index (χ2v) is 9.03. The number of amides is 5. The summed E-state index contributed by atoms with van der Waals surface area (Å²) < 4.78 is 4.83. The molecule has 0 fully saturated rings. The second-order valence-electron chi connectivity index (χ2n) is 9.03. The molecule has 204 valence electrons. The molecule has 5 N–H and O–H groups in total. The van der Waals surface area contributed by atoms with E-state index in [4.69, 9.17) is 4.74 Å². The average Bonchev–Trinajstić information content (AvgIpc) is 2.89. The average molecular weight is 526 g/mol. The fraction of sp³-hybridized carbons (Fsp3) is 0.370. The summed E-state index contributed by atoms with van der Waals surface area (Å²) >= 11 is 0. The van der Waals surface area contributed by atoms with Crippen LogP contribution in [0.25, 0.3) is 0 Å². The first-order chi connectivity index (χ1) is 18.1. The lowest BCUT2D eigenvalue weighted by Crippen LogP contribution is -2.59. The number of rotatable bonds is 11. The Balaban J connectivity index is 1.99. The first-order valence-corrected chi connectivity index (χ1v) is 12.2. The van der Waals surface area contributed by atoms with Crippen LogP contribution in [0.1, 0.15) is 31.9 Å². The number of methoxy groups -OCH3 is 1. The van der Waals surface area contributed by atoms with Gasteiger partial charge in [-0.2, -0.15) is 0 Å². The molecule has 3 unspecified atom stereocenters. The summed E-state index contributed by atoms with van der Waals surface area (Å²) in [6.45, 7) is 4.73. The zero-order chi connectivity index (χ0) is 28.1. The fourth-order valence-electron chi connectivity index (χ4n) is 3.67. The first kappa shape index (κ1) is 29.8. The van der Waals surface area contributed by atoms with Gasteiger partial charge in [-0.05, 0) is 17.0 Å². The minimum atomic E-state index is -1.02. The highest BCUT2D eigenvalue weighted by Crippen LogP contribution is 2.08. The van der Waals surface area contributed by atoms with Crippen molar-refractivity contribution < 1.29 is 28.7 Å². The van der Waals surface area contributed by atoms with E-state index in [1.165, 1.54) is 14.0 Å². The van der Waals surface area contributed by atoms with Gasteiger partial charge in [-0.3, -0.25) is 19.8 Å². The van der Waals surface area contributed by atoms with Gasteiger partial charge in [0.25, 0.3) is 5.91 Å². The lowest BCUT2D eigenvalue weighted by Gasteiger charge is -2.25. The maximum atomic E-state index is 13.0. The van der Waals surface area contributed by atoms with E-state index >= 15 is 0 Å². The van der Waals surface area contributed by atoms with Gasteiger partial charge in [0.1, 0.15) is 18.1 Å². The van der Waals surface area contributed by atoms with Crippen LogP contribution in [0.2, 0.25) is 0 Å². The van der Waals surface area contributed by atoms with Crippen molar-refractivity contribution in [1.82, 2.24) is 26.8 Å². The van der Waals surface area contributed by atoms with Crippen molar-refractivity contribution in [2.75, 3.05) is 7.11 Å². The summed E-state index contributed by atoms with van der Waals surface area (Å²) in [7, 11) is 1.23. The topological polar surface area (TPSA) is 155 Å². The number of hydrogen-bond acceptors (Lipinski definition) is 6. The molecule has 0 aromatic heterocycles. The van der Waals surface area contributed by atoms with Gasteiger partial charge in [-0.15, -0.1) is 0 Å². The van der Waals surface area contributed by atoms with Crippen LogP contribution >= 0.6 is 0 Å². The number of carbonyl (C=O) groups excluding carboxylic acids is 5. The molecular formula is C27H35N5O6. The highest BCUT2D eigenvalue weighted by atomic mass is 16.5. The third-order valence-electron chi connectivity index (χ3n) is 5.60. The molecule has 0 radical (unpaired) electrons. The number of hydrogen-bond donors (Lipinski definition) is 5. The molecule has 0 bridgehead atoms. The summed E-state index contributed by atoms with van der Waals surface area (Å²) in [4.78, 5) is 62.1. The SMILES string of the molecule is COC(=O)C(Cc1ccccc1)NC(=O)C(NC(=O)NNC(=O)C(Cc1ccccc1)NC(C)=O)C(C)C. The van der Waals surface area contributed by atoms with Gasteiger partial charge in [0.05, 0.1) is 7.11 Å². The maximum absolute atomic E-state index is 13.0. The summed E-state index contributed by atoms with van der Waals surface area (Å²) in [5, 5.41) is 7.71. The molecule has 11 heteroatoms. The molecule has 0 aliphatic carbocycles. The lowest BCUT2D eigenvalue weighted by atomic mass is 10.0. The predicted molar refractivity (Wildman–Crippen MR) is 140 cm³/mol. The number of urea groups is 1. The normalized spacial score (nSPS) is 12.9. The molecule has 0 aliphatic heterocycles. The number of ether oxygens (including phenoxy) is 1. The van der Waals surface area contributed by atoms with Crippen molar-refractivity contribution in [3.05, 3.63) is 71.8 Å². The van der Waals surface area contributed by atoms with E-state index in [1.54, 1.807) is 13.8 Å². The highest BCUT2D eigenvalue weighted by Gasteiger charge is 2.30. The molecule has 2 rings (SSSR count). The molecule has 0 saturated heterocycles. The molecule has 38 heavy (non-hydrogen) atoms. The first-order valence-electron chi connectivity index (χ1n) is 12.2. The summed E-state index contributed by atoms with van der Waals surface area (Å²) in [5.41, 5.74) is 6.13. The van der Waals surface area contributed by atoms with Crippen LogP contribution in [0, 0.1) is 5.92 Å². The van der Waals surface area contributed by atoms with E-state index in [0.29, 0.717) is 0 Å². The maximum Gasteiger partial charge on any atom is 0.334 e. The number of esters is 1. The van der Waals surface area contributed by atoms with Crippen molar-refractivity contribution in [2.45, 2.75) is 51.7 Å². The summed E-state index contributed by atoms with van der Waals surface area (Å²) in [6, 6.07) is 14.4. The van der Waals surface area contributed by atoms with Crippen LogP contribution in [-0.4, -0.2) is 55.0 Å². The van der Waals surface area contributed by atoms with Gasteiger partial charge >= 0.3 is 12.0 Å². The van der Waals surface area contributed by atoms with E-state index in [1.807, 2.05) is 60.7 Å². The Kier molecular flexibility index (Phi) is 11.8. The monoisotopic (exact) mass is 525 g/mol. The molecule has 11 nitrogen and oxygen atoms in total. The molecule has 0 saturated carbocycles.